The number of piperazine rings is 1. The fourth-order valence-electron chi connectivity index (χ4n) is 4.20. The molecule has 0 spiro atoms. The molecule has 5 rings (SSSR count). The normalized spacial score (nSPS) is 14.0. The second-order valence-corrected chi connectivity index (χ2v) is 9.78. The Morgan fingerprint density at radius 3 is 2.46 bits per heavy atom. The van der Waals surface area contributed by atoms with Crippen molar-refractivity contribution in [2.45, 2.75) is 26.4 Å². The molecule has 1 fully saturated rings. The van der Waals surface area contributed by atoms with E-state index in [-0.39, 0.29) is 17.7 Å². The summed E-state index contributed by atoms with van der Waals surface area (Å²) in [6.45, 7) is 7.90. The lowest BCUT2D eigenvalue weighted by atomic mass is 10.2. The van der Waals surface area contributed by atoms with Gasteiger partial charge in [0.25, 0.3) is 5.91 Å². The molecular weight excluding hydrogens is 470 g/mol. The number of anilines is 2. The number of hydrogen-bond acceptors (Lipinski definition) is 7. The maximum Gasteiger partial charge on any atom is 0.410 e. The van der Waals surface area contributed by atoms with Gasteiger partial charge in [0.05, 0.1) is 28.8 Å². The molecular formula is C27H29N7O3. The number of benzene rings is 1. The fraction of sp³-hybridized carbons (Fsp3) is 0.296. The molecule has 0 saturated carbocycles. The number of hydrogen-bond donors (Lipinski definition) is 1. The average Bonchev–Trinajstić information content (AvgIpc) is 3.32. The van der Waals surface area contributed by atoms with Crippen LogP contribution in [0.2, 0.25) is 0 Å². The van der Waals surface area contributed by atoms with Crippen molar-refractivity contribution in [3.63, 3.8) is 0 Å². The zero-order valence-corrected chi connectivity index (χ0v) is 21.1. The van der Waals surface area contributed by atoms with Crippen LogP contribution in [0.25, 0.3) is 16.9 Å². The third-order valence-electron chi connectivity index (χ3n) is 5.97. The van der Waals surface area contributed by atoms with Crippen LogP contribution in [0.4, 0.5) is 16.2 Å². The van der Waals surface area contributed by atoms with Crippen LogP contribution in [0.15, 0.2) is 67.1 Å². The van der Waals surface area contributed by atoms with Gasteiger partial charge in [0, 0.05) is 38.6 Å². The molecule has 4 heterocycles. The maximum absolute atomic E-state index is 13.2. The summed E-state index contributed by atoms with van der Waals surface area (Å²) in [5, 5.41) is 7.34. The van der Waals surface area contributed by atoms with E-state index in [1.54, 1.807) is 34.1 Å². The second kappa shape index (κ2) is 9.88. The van der Waals surface area contributed by atoms with Crippen LogP contribution >= 0.6 is 0 Å². The van der Waals surface area contributed by atoms with Gasteiger partial charge in [-0.05, 0) is 51.1 Å². The highest BCUT2D eigenvalue weighted by atomic mass is 16.6. The van der Waals surface area contributed by atoms with Crippen molar-refractivity contribution in [2.75, 3.05) is 36.4 Å². The third kappa shape index (κ3) is 5.37. The number of rotatable bonds is 4. The van der Waals surface area contributed by atoms with E-state index in [1.165, 1.54) is 0 Å². The van der Waals surface area contributed by atoms with Crippen LogP contribution in [-0.2, 0) is 4.74 Å². The van der Waals surface area contributed by atoms with Crippen LogP contribution in [0, 0.1) is 0 Å². The molecule has 0 radical (unpaired) electrons. The minimum Gasteiger partial charge on any atom is -0.444 e. The van der Waals surface area contributed by atoms with E-state index in [0.29, 0.717) is 37.5 Å². The van der Waals surface area contributed by atoms with Crippen LogP contribution in [-0.4, -0.2) is 68.3 Å². The first-order valence-corrected chi connectivity index (χ1v) is 12.2. The Labute approximate surface area is 214 Å². The minimum absolute atomic E-state index is 0.273. The van der Waals surface area contributed by atoms with Gasteiger partial charge in [-0.3, -0.25) is 9.78 Å². The lowest BCUT2D eigenvalue weighted by molar-refractivity contribution is 0.0240. The first-order chi connectivity index (χ1) is 17.8. The number of nitrogens with zero attached hydrogens (tertiary/aromatic N) is 6. The highest BCUT2D eigenvalue weighted by Gasteiger charge is 2.27. The van der Waals surface area contributed by atoms with E-state index in [2.05, 4.69) is 25.3 Å². The van der Waals surface area contributed by atoms with E-state index >= 15 is 0 Å². The SMILES string of the molecule is CC(C)(C)OC(=O)N1CCN(c2ccccc2NC(=O)c2ccn3ncc(-c4ccccn4)c3n2)CC1. The number of fused-ring (bicyclic) bond motifs is 1. The Bertz CT molecular complexity index is 1420. The maximum atomic E-state index is 13.2. The number of ether oxygens (including phenoxy) is 1. The van der Waals surface area contributed by atoms with E-state index in [1.807, 2.05) is 63.2 Å². The Balaban J connectivity index is 1.31. The van der Waals surface area contributed by atoms with Crippen molar-refractivity contribution in [2.24, 2.45) is 0 Å². The van der Waals surface area contributed by atoms with Crippen molar-refractivity contribution in [1.29, 1.82) is 0 Å². The largest absolute Gasteiger partial charge is 0.444 e. The highest BCUT2D eigenvalue weighted by Crippen LogP contribution is 2.28. The number of para-hydroxylation sites is 2. The Hall–Kier alpha value is -4.47. The average molecular weight is 500 g/mol. The number of nitrogens with one attached hydrogen (secondary N) is 1. The molecule has 0 unspecified atom stereocenters. The zero-order valence-electron chi connectivity index (χ0n) is 21.1. The molecule has 2 amide bonds. The third-order valence-corrected chi connectivity index (χ3v) is 5.97. The van der Waals surface area contributed by atoms with Gasteiger partial charge in [-0.15, -0.1) is 0 Å². The smallest absolute Gasteiger partial charge is 0.410 e. The molecule has 37 heavy (non-hydrogen) atoms. The molecule has 0 bridgehead atoms. The first kappa shape index (κ1) is 24.2. The van der Waals surface area contributed by atoms with Gasteiger partial charge >= 0.3 is 6.09 Å². The Morgan fingerprint density at radius 2 is 1.73 bits per heavy atom. The molecule has 1 aliphatic heterocycles. The van der Waals surface area contributed by atoms with Gasteiger partial charge in [0.1, 0.15) is 11.3 Å². The predicted molar refractivity (Wildman–Crippen MR) is 141 cm³/mol. The number of pyridine rings is 1. The molecule has 3 aromatic heterocycles. The number of carbonyl (C=O) groups excluding carboxylic acids is 2. The van der Waals surface area contributed by atoms with Gasteiger partial charge in [0.2, 0.25) is 0 Å². The first-order valence-electron chi connectivity index (χ1n) is 12.2. The van der Waals surface area contributed by atoms with E-state index < -0.39 is 5.60 Å². The second-order valence-electron chi connectivity index (χ2n) is 9.78. The molecule has 10 heteroatoms. The van der Waals surface area contributed by atoms with Crippen molar-refractivity contribution < 1.29 is 14.3 Å². The van der Waals surface area contributed by atoms with Gasteiger partial charge in [-0.2, -0.15) is 5.10 Å². The van der Waals surface area contributed by atoms with E-state index in [0.717, 1.165) is 16.9 Å². The van der Waals surface area contributed by atoms with Crippen LogP contribution in [0.1, 0.15) is 31.3 Å². The summed E-state index contributed by atoms with van der Waals surface area (Å²) in [7, 11) is 0. The monoisotopic (exact) mass is 499 g/mol. The van der Waals surface area contributed by atoms with Crippen molar-refractivity contribution in [3.05, 3.63) is 72.8 Å². The predicted octanol–water partition coefficient (Wildman–Crippen LogP) is 4.10. The van der Waals surface area contributed by atoms with E-state index in [4.69, 9.17) is 4.74 Å². The standard InChI is InChI=1S/C27H29N7O3/c1-27(2,3)37-26(36)33-16-14-32(15-17-33)23-10-5-4-9-21(23)31-25(35)22-11-13-34-24(30-22)19(18-29-34)20-8-6-7-12-28-20/h4-13,18H,14-17H2,1-3H3,(H,31,35). The highest BCUT2D eigenvalue weighted by molar-refractivity contribution is 6.05. The summed E-state index contributed by atoms with van der Waals surface area (Å²) < 4.78 is 7.12. The van der Waals surface area contributed by atoms with Crippen LogP contribution in [0.5, 0.6) is 0 Å². The van der Waals surface area contributed by atoms with Gasteiger partial charge in [-0.25, -0.2) is 14.3 Å². The molecule has 1 saturated heterocycles. The van der Waals surface area contributed by atoms with Gasteiger partial charge in [-0.1, -0.05) is 18.2 Å². The summed E-state index contributed by atoms with van der Waals surface area (Å²) in [4.78, 5) is 38.5. The molecule has 0 aliphatic carbocycles. The van der Waals surface area contributed by atoms with Crippen LogP contribution < -0.4 is 10.2 Å². The quantitative estimate of drug-likeness (QED) is 0.451. The van der Waals surface area contributed by atoms with Crippen molar-refractivity contribution in [1.82, 2.24) is 24.5 Å². The number of amides is 2. The lowest BCUT2D eigenvalue weighted by Crippen LogP contribution is -2.50. The van der Waals surface area contributed by atoms with E-state index in [9.17, 15) is 9.59 Å². The molecule has 1 aromatic carbocycles. The zero-order chi connectivity index (χ0) is 26.0. The molecule has 1 N–H and O–H groups in total. The number of carbonyl (C=O) groups is 2. The van der Waals surface area contributed by atoms with Crippen LogP contribution in [0.3, 0.4) is 0 Å². The van der Waals surface area contributed by atoms with Crippen molar-refractivity contribution >= 4 is 29.0 Å². The minimum atomic E-state index is -0.530. The molecule has 1 aliphatic rings. The van der Waals surface area contributed by atoms with Crippen molar-refractivity contribution in [3.8, 4) is 11.3 Å². The summed E-state index contributed by atoms with van der Waals surface area (Å²) in [6, 6.07) is 14.9. The summed E-state index contributed by atoms with van der Waals surface area (Å²) in [5.74, 6) is -0.324. The summed E-state index contributed by atoms with van der Waals surface area (Å²) in [6.07, 6.45) is 4.81. The lowest BCUT2D eigenvalue weighted by Gasteiger charge is -2.37. The Morgan fingerprint density at radius 1 is 0.973 bits per heavy atom. The molecule has 190 valence electrons. The van der Waals surface area contributed by atoms with Gasteiger partial charge in [0.15, 0.2) is 5.65 Å². The summed E-state index contributed by atoms with van der Waals surface area (Å²) in [5.41, 5.74) is 3.35. The van der Waals surface area contributed by atoms with Gasteiger partial charge < -0.3 is 19.9 Å². The molecule has 0 atom stereocenters. The number of aromatic nitrogens is 4. The Kier molecular flexibility index (Phi) is 6.47. The summed E-state index contributed by atoms with van der Waals surface area (Å²) >= 11 is 0. The topological polar surface area (TPSA) is 105 Å². The molecule has 4 aromatic rings. The molecule has 10 nitrogen and oxygen atoms in total. The fourth-order valence-corrected chi connectivity index (χ4v) is 4.20.